The highest BCUT2D eigenvalue weighted by atomic mass is 35.5. The summed E-state index contributed by atoms with van der Waals surface area (Å²) in [5, 5.41) is 3.22. The Bertz CT molecular complexity index is 352. The predicted molar refractivity (Wildman–Crippen MR) is 81.9 cm³/mol. The zero-order chi connectivity index (χ0) is 13.8. The normalized spacial score (nSPS) is 10.9. The molecule has 0 aliphatic heterocycles. The standard InChI is InChI=1S/C16H27N3.ClH/c1-2-3-4-5-9-13-18-16(17)19-14-12-15-10-7-6-8-11-15;/h6-8,10-11H,2-5,9,12-14H2,1H3,(H3,17,18,19);1H. The van der Waals surface area contributed by atoms with Crippen LogP contribution in [0.1, 0.15) is 44.6 Å². The van der Waals surface area contributed by atoms with Crippen molar-refractivity contribution in [2.24, 2.45) is 5.73 Å². The van der Waals surface area contributed by atoms with Crippen molar-refractivity contribution in [2.45, 2.75) is 45.4 Å². The fraction of sp³-hybridized carbons (Fsp3) is 0.562. The van der Waals surface area contributed by atoms with E-state index >= 15 is 0 Å². The van der Waals surface area contributed by atoms with Gasteiger partial charge in [0.05, 0.1) is 13.1 Å². The molecule has 0 saturated heterocycles. The van der Waals surface area contributed by atoms with Gasteiger partial charge >= 0.3 is 5.96 Å². The van der Waals surface area contributed by atoms with Gasteiger partial charge in [0.25, 0.3) is 0 Å². The molecule has 0 aliphatic rings. The molecule has 0 unspecified atom stereocenters. The van der Waals surface area contributed by atoms with E-state index in [0.29, 0.717) is 5.96 Å². The molecule has 0 aromatic heterocycles. The average molecular weight is 298 g/mol. The first kappa shape index (κ1) is 18.8. The second-order valence-electron chi connectivity index (χ2n) is 4.92. The van der Waals surface area contributed by atoms with E-state index in [2.05, 4.69) is 41.5 Å². The largest absolute Gasteiger partial charge is 1.00 e. The summed E-state index contributed by atoms with van der Waals surface area (Å²) in [5.74, 6) is 0.700. The molecule has 4 N–H and O–H groups in total. The lowest BCUT2D eigenvalue weighted by atomic mass is 10.1. The van der Waals surface area contributed by atoms with E-state index in [1.54, 1.807) is 0 Å². The van der Waals surface area contributed by atoms with E-state index in [0.717, 1.165) is 19.5 Å². The van der Waals surface area contributed by atoms with Gasteiger partial charge in [0, 0.05) is 6.42 Å². The van der Waals surface area contributed by atoms with Crippen LogP contribution in [0.4, 0.5) is 0 Å². The van der Waals surface area contributed by atoms with Crippen molar-refractivity contribution in [3.63, 3.8) is 0 Å². The van der Waals surface area contributed by atoms with E-state index < -0.39 is 0 Å². The number of rotatable bonds is 9. The monoisotopic (exact) mass is 297 g/mol. The van der Waals surface area contributed by atoms with E-state index in [1.165, 1.54) is 37.7 Å². The van der Waals surface area contributed by atoms with E-state index in [1.807, 2.05) is 6.07 Å². The van der Waals surface area contributed by atoms with Crippen molar-refractivity contribution in [1.82, 2.24) is 5.32 Å². The molecule has 0 atom stereocenters. The van der Waals surface area contributed by atoms with Gasteiger partial charge in [-0.15, -0.1) is 0 Å². The highest BCUT2D eigenvalue weighted by Gasteiger charge is 1.98. The molecule has 0 aliphatic carbocycles. The Kier molecular flexibility index (Phi) is 12.0. The molecule has 0 heterocycles. The number of nitrogens with two attached hydrogens (primary N) is 1. The van der Waals surface area contributed by atoms with Gasteiger partial charge in [-0.2, -0.15) is 0 Å². The molecule has 0 amide bonds. The van der Waals surface area contributed by atoms with Gasteiger partial charge in [-0.25, -0.2) is 0 Å². The summed E-state index contributed by atoms with van der Waals surface area (Å²) >= 11 is 0. The summed E-state index contributed by atoms with van der Waals surface area (Å²) in [6, 6.07) is 10.4. The fourth-order valence-electron chi connectivity index (χ4n) is 2.00. The lowest BCUT2D eigenvalue weighted by molar-refractivity contribution is -0.461. The minimum atomic E-state index is 0. The summed E-state index contributed by atoms with van der Waals surface area (Å²) in [6.07, 6.45) is 7.45. The molecule has 0 radical (unpaired) electrons. The number of unbranched alkanes of at least 4 members (excludes halogenated alkanes) is 4. The van der Waals surface area contributed by atoms with E-state index in [4.69, 9.17) is 5.73 Å². The Labute approximate surface area is 129 Å². The first-order valence-corrected chi connectivity index (χ1v) is 7.47. The molecule has 3 nitrogen and oxygen atoms in total. The van der Waals surface area contributed by atoms with Crippen LogP contribution in [0.3, 0.4) is 0 Å². The van der Waals surface area contributed by atoms with Crippen molar-refractivity contribution in [2.75, 3.05) is 13.1 Å². The maximum Gasteiger partial charge on any atom is 0.341 e. The number of benzene rings is 1. The third-order valence-electron chi connectivity index (χ3n) is 3.17. The van der Waals surface area contributed by atoms with Crippen molar-refractivity contribution < 1.29 is 17.4 Å². The minimum Gasteiger partial charge on any atom is -1.00 e. The third-order valence-corrected chi connectivity index (χ3v) is 3.17. The van der Waals surface area contributed by atoms with Crippen molar-refractivity contribution in [3.05, 3.63) is 35.9 Å². The second kappa shape index (κ2) is 12.8. The molecule has 20 heavy (non-hydrogen) atoms. The summed E-state index contributed by atoms with van der Waals surface area (Å²) in [5.41, 5.74) is 7.21. The second-order valence-corrected chi connectivity index (χ2v) is 4.92. The molecular weight excluding hydrogens is 270 g/mol. The lowest BCUT2D eigenvalue weighted by Crippen LogP contribution is -3.00. The SMILES string of the molecule is CCCCCCC[NH+]=C(N)NCCc1ccccc1.[Cl-]. The highest BCUT2D eigenvalue weighted by molar-refractivity contribution is 5.71. The van der Waals surface area contributed by atoms with E-state index in [-0.39, 0.29) is 12.4 Å². The molecule has 1 aromatic rings. The van der Waals surface area contributed by atoms with Gasteiger partial charge in [-0.1, -0.05) is 62.9 Å². The fourth-order valence-corrected chi connectivity index (χ4v) is 2.00. The van der Waals surface area contributed by atoms with Crippen molar-refractivity contribution in [1.29, 1.82) is 0 Å². The number of guanidine groups is 1. The quantitative estimate of drug-likeness (QED) is 0.286. The van der Waals surface area contributed by atoms with Crippen LogP contribution >= 0.6 is 0 Å². The Balaban J connectivity index is 0.00000361. The van der Waals surface area contributed by atoms with E-state index in [9.17, 15) is 0 Å². The number of halogens is 1. The molecule has 0 bridgehead atoms. The summed E-state index contributed by atoms with van der Waals surface area (Å²) < 4.78 is 0. The van der Waals surface area contributed by atoms with Crippen LogP contribution in [0.5, 0.6) is 0 Å². The molecule has 4 heteroatoms. The van der Waals surface area contributed by atoms with Crippen LogP contribution in [0, 0.1) is 0 Å². The van der Waals surface area contributed by atoms with Gasteiger partial charge in [-0.05, 0) is 12.0 Å². The van der Waals surface area contributed by atoms with Crippen molar-refractivity contribution >= 4 is 5.96 Å². The molecule has 114 valence electrons. The van der Waals surface area contributed by atoms with Crippen LogP contribution in [-0.2, 0) is 6.42 Å². The molecule has 0 fully saturated rings. The molecule has 0 spiro atoms. The van der Waals surface area contributed by atoms with Gasteiger partial charge < -0.3 is 12.4 Å². The summed E-state index contributed by atoms with van der Waals surface area (Å²) in [7, 11) is 0. The van der Waals surface area contributed by atoms with Crippen LogP contribution < -0.4 is 28.4 Å². The Hall–Kier alpha value is -1.22. The minimum absolute atomic E-state index is 0. The first-order valence-electron chi connectivity index (χ1n) is 7.47. The molecular formula is C16H28ClN3. The highest BCUT2D eigenvalue weighted by Crippen LogP contribution is 2.00. The maximum atomic E-state index is 5.87. The van der Waals surface area contributed by atoms with Crippen LogP contribution in [0.25, 0.3) is 0 Å². The topological polar surface area (TPSA) is 52.0 Å². The van der Waals surface area contributed by atoms with Gasteiger partial charge in [0.1, 0.15) is 0 Å². The van der Waals surface area contributed by atoms with Crippen LogP contribution in [-0.4, -0.2) is 19.0 Å². The smallest absolute Gasteiger partial charge is 0.341 e. The molecule has 1 rings (SSSR count). The number of hydrogen-bond acceptors (Lipinski definition) is 0. The predicted octanol–water partition coefficient (Wildman–Crippen LogP) is -1.81. The van der Waals surface area contributed by atoms with Crippen LogP contribution in [0.15, 0.2) is 30.3 Å². The first-order chi connectivity index (χ1) is 9.33. The Morgan fingerprint density at radius 3 is 2.50 bits per heavy atom. The van der Waals surface area contributed by atoms with Gasteiger partial charge in [-0.3, -0.25) is 16.0 Å². The average Bonchev–Trinajstić information content (AvgIpc) is 2.44. The lowest BCUT2D eigenvalue weighted by Gasteiger charge is -2.01. The molecule has 1 aromatic carbocycles. The third kappa shape index (κ3) is 9.68. The summed E-state index contributed by atoms with van der Waals surface area (Å²) in [4.78, 5) is 3.23. The maximum absolute atomic E-state index is 5.87. The van der Waals surface area contributed by atoms with Crippen LogP contribution in [0.2, 0.25) is 0 Å². The Morgan fingerprint density at radius 2 is 1.80 bits per heavy atom. The van der Waals surface area contributed by atoms with Gasteiger partial charge in [0.15, 0.2) is 0 Å². The Morgan fingerprint density at radius 1 is 1.10 bits per heavy atom. The van der Waals surface area contributed by atoms with Crippen molar-refractivity contribution in [3.8, 4) is 0 Å². The zero-order valence-electron chi connectivity index (χ0n) is 12.5. The van der Waals surface area contributed by atoms with Gasteiger partial charge in [0.2, 0.25) is 0 Å². The zero-order valence-corrected chi connectivity index (χ0v) is 13.3. The summed E-state index contributed by atoms with van der Waals surface area (Å²) in [6.45, 7) is 4.08. The number of hydrogen-bond donors (Lipinski definition) is 3. The number of nitrogens with one attached hydrogen (secondary N) is 2. The molecule has 0 saturated carbocycles.